The highest BCUT2D eigenvalue weighted by molar-refractivity contribution is 7.10. The van der Waals surface area contributed by atoms with Crippen molar-refractivity contribution in [2.24, 2.45) is 0 Å². The Morgan fingerprint density at radius 2 is 1.64 bits per heavy atom. The van der Waals surface area contributed by atoms with Gasteiger partial charge in [-0.25, -0.2) is 0 Å². The Labute approximate surface area is 213 Å². The highest BCUT2D eigenvalue weighted by atomic mass is 32.1. The van der Waals surface area contributed by atoms with Gasteiger partial charge in [-0.3, -0.25) is 9.59 Å². The zero-order chi connectivity index (χ0) is 26.1. The molecule has 1 heterocycles. The largest absolute Gasteiger partial charge is 0.416 e. The van der Waals surface area contributed by atoms with Gasteiger partial charge in [0.2, 0.25) is 5.91 Å². The summed E-state index contributed by atoms with van der Waals surface area (Å²) >= 11 is 1.57. The SMILES string of the molecule is COCCCN(CC(=O)N(Cc1ccccc1)Cc1sccc1C)C(=O)c1ccc(C(F)(F)F)cc1. The fourth-order valence-corrected chi connectivity index (χ4v) is 4.60. The minimum atomic E-state index is -4.49. The number of rotatable bonds is 11. The highest BCUT2D eigenvalue weighted by Gasteiger charge is 2.31. The van der Waals surface area contributed by atoms with Crippen LogP contribution in [0.2, 0.25) is 0 Å². The van der Waals surface area contributed by atoms with E-state index in [9.17, 15) is 22.8 Å². The third kappa shape index (κ3) is 7.66. The fourth-order valence-electron chi connectivity index (χ4n) is 3.68. The zero-order valence-corrected chi connectivity index (χ0v) is 21.1. The summed E-state index contributed by atoms with van der Waals surface area (Å²) in [5, 5.41) is 1.97. The number of carbonyl (C=O) groups is 2. The molecule has 0 aliphatic heterocycles. The van der Waals surface area contributed by atoms with Gasteiger partial charge in [-0.1, -0.05) is 30.3 Å². The lowest BCUT2D eigenvalue weighted by Crippen LogP contribution is -2.43. The van der Waals surface area contributed by atoms with Gasteiger partial charge in [0.15, 0.2) is 0 Å². The summed E-state index contributed by atoms with van der Waals surface area (Å²) < 4.78 is 43.9. The number of hydrogen-bond acceptors (Lipinski definition) is 4. The van der Waals surface area contributed by atoms with Gasteiger partial charge >= 0.3 is 6.18 Å². The minimum absolute atomic E-state index is 0.0944. The Morgan fingerprint density at radius 3 is 2.22 bits per heavy atom. The van der Waals surface area contributed by atoms with Crippen LogP contribution in [-0.4, -0.2) is 48.4 Å². The van der Waals surface area contributed by atoms with Crippen LogP contribution < -0.4 is 0 Å². The van der Waals surface area contributed by atoms with Gasteiger partial charge < -0.3 is 14.5 Å². The summed E-state index contributed by atoms with van der Waals surface area (Å²) in [4.78, 5) is 30.9. The Morgan fingerprint density at radius 1 is 0.944 bits per heavy atom. The van der Waals surface area contributed by atoms with Gasteiger partial charge in [-0.15, -0.1) is 11.3 Å². The van der Waals surface area contributed by atoms with E-state index in [-0.39, 0.29) is 24.6 Å². The average Bonchev–Trinajstić information content (AvgIpc) is 3.27. The van der Waals surface area contributed by atoms with Crippen molar-refractivity contribution in [3.63, 3.8) is 0 Å². The Hall–Kier alpha value is -3.17. The molecule has 192 valence electrons. The topological polar surface area (TPSA) is 49.9 Å². The predicted octanol–water partition coefficient (Wildman–Crippen LogP) is 5.78. The first-order chi connectivity index (χ1) is 17.2. The Balaban J connectivity index is 1.81. The molecular formula is C27H29F3N2O3S. The lowest BCUT2D eigenvalue weighted by Gasteiger charge is -2.28. The van der Waals surface area contributed by atoms with Crippen molar-refractivity contribution in [2.75, 3.05) is 26.8 Å². The van der Waals surface area contributed by atoms with Crippen LogP contribution in [-0.2, 0) is 28.8 Å². The maximum Gasteiger partial charge on any atom is 0.416 e. The van der Waals surface area contributed by atoms with E-state index in [4.69, 9.17) is 4.74 Å². The van der Waals surface area contributed by atoms with Crippen molar-refractivity contribution in [1.29, 1.82) is 0 Å². The first-order valence-corrected chi connectivity index (χ1v) is 12.4. The number of alkyl halides is 3. The van der Waals surface area contributed by atoms with E-state index < -0.39 is 17.6 Å². The van der Waals surface area contributed by atoms with Crippen LogP contribution in [0, 0.1) is 6.92 Å². The van der Waals surface area contributed by atoms with Crippen molar-refractivity contribution in [2.45, 2.75) is 32.6 Å². The number of methoxy groups -OCH3 is 1. The van der Waals surface area contributed by atoms with Crippen molar-refractivity contribution >= 4 is 23.2 Å². The summed E-state index contributed by atoms with van der Waals surface area (Å²) in [6.45, 7) is 3.18. The molecule has 5 nitrogen and oxygen atoms in total. The van der Waals surface area contributed by atoms with Crippen LogP contribution >= 0.6 is 11.3 Å². The first kappa shape index (κ1) is 27.4. The molecule has 0 fully saturated rings. The van der Waals surface area contributed by atoms with E-state index in [2.05, 4.69) is 0 Å². The fraction of sp³-hybridized carbons (Fsp3) is 0.333. The molecule has 0 bridgehead atoms. The number of aryl methyl sites for hydroxylation is 1. The normalized spacial score (nSPS) is 11.4. The summed E-state index contributed by atoms with van der Waals surface area (Å²) in [6, 6.07) is 15.6. The molecule has 0 aliphatic rings. The highest BCUT2D eigenvalue weighted by Crippen LogP contribution is 2.29. The van der Waals surface area contributed by atoms with Crippen molar-refractivity contribution < 1.29 is 27.5 Å². The number of halogens is 3. The maximum absolute atomic E-state index is 13.5. The monoisotopic (exact) mass is 518 g/mol. The van der Waals surface area contributed by atoms with Crippen LogP contribution in [0.3, 0.4) is 0 Å². The van der Waals surface area contributed by atoms with Gasteiger partial charge in [-0.05, 0) is 60.2 Å². The second kappa shape index (κ2) is 12.7. The van der Waals surface area contributed by atoms with Crippen LogP contribution in [0.15, 0.2) is 66.0 Å². The maximum atomic E-state index is 13.5. The number of carbonyl (C=O) groups excluding carboxylic acids is 2. The van der Waals surface area contributed by atoms with E-state index in [0.29, 0.717) is 26.1 Å². The number of benzene rings is 2. The number of thiophene rings is 1. The molecule has 0 saturated carbocycles. The average molecular weight is 519 g/mol. The van der Waals surface area contributed by atoms with Gasteiger partial charge in [0.25, 0.3) is 5.91 Å². The number of nitrogens with zero attached hydrogens (tertiary/aromatic N) is 2. The molecule has 0 radical (unpaired) electrons. The first-order valence-electron chi connectivity index (χ1n) is 11.5. The molecule has 1 aromatic heterocycles. The Bertz CT molecular complexity index is 1130. The van der Waals surface area contributed by atoms with Crippen LogP contribution in [0.25, 0.3) is 0 Å². The van der Waals surface area contributed by atoms with Crippen LogP contribution in [0.1, 0.15) is 38.3 Å². The van der Waals surface area contributed by atoms with Gasteiger partial charge in [0, 0.05) is 37.2 Å². The van der Waals surface area contributed by atoms with Crippen molar-refractivity contribution in [1.82, 2.24) is 9.80 Å². The van der Waals surface area contributed by atoms with E-state index in [0.717, 1.165) is 40.3 Å². The molecule has 3 rings (SSSR count). The summed E-state index contributed by atoms with van der Waals surface area (Å²) in [5.74, 6) is -0.746. The third-order valence-corrected chi connectivity index (χ3v) is 6.73. The van der Waals surface area contributed by atoms with E-state index in [1.54, 1.807) is 16.2 Å². The van der Waals surface area contributed by atoms with Crippen molar-refractivity contribution in [3.8, 4) is 0 Å². The van der Waals surface area contributed by atoms with E-state index in [1.165, 1.54) is 12.0 Å². The summed E-state index contributed by atoms with van der Waals surface area (Å²) in [6.07, 6.45) is -4.01. The number of ether oxygens (including phenoxy) is 1. The van der Waals surface area contributed by atoms with Gasteiger partial charge in [0.1, 0.15) is 6.54 Å². The van der Waals surface area contributed by atoms with E-state index in [1.807, 2.05) is 48.7 Å². The molecule has 2 aromatic carbocycles. The molecule has 0 N–H and O–H groups in total. The summed E-state index contributed by atoms with van der Waals surface area (Å²) in [5.41, 5.74) is 1.31. The Kier molecular flexibility index (Phi) is 9.66. The van der Waals surface area contributed by atoms with Crippen LogP contribution in [0.5, 0.6) is 0 Å². The zero-order valence-electron chi connectivity index (χ0n) is 20.3. The third-order valence-electron chi connectivity index (χ3n) is 5.72. The minimum Gasteiger partial charge on any atom is -0.385 e. The second-order valence-corrected chi connectivity index (χ2v) is 9.41. The smallest absolute Gasteiger partial charge is 0.385 e. The standard InChI is InChI=1S/C27H29F3N2O3S/c1-20-13-16-36-24(20)18-32(17-21-7-4-3-5-8-21)25(33)19-31(14-6-15-35-2)26(34)22-9-11-23(12-10-22)27(28,29)30/h3-5,7-13,16H,6,14-15,17-19H2,1-2H3. The molecular weight excluding hydrogens is 489 g/mol. The van der Waals surface area contributed by atoms with Gasteiger partial charge in [0.05, 0.1) is 12.1 Å². The van der Waals surface area contributed by atoms with Crippen molar-refractivity contribution in [3.05, 3.63) is 93.2 Å². The molecule has 9 heteroatoms. The molecule has 2 amide bonds. The molecule has 3 aromatic rings. The molecule has 0 unspecified atom stereocenters. The molecule has 0 saturated heterocycles. The molecule has 0 aliphatic carbocycles. The van der Waals surface area contributed by atoms with Crippen LogP contribution in [0.4, 0.5) is 13.2 Å². The predicted molar refractivity (Wildman–Crippen MR) is 134 cm³/mol. The number of amides is 2. The number of hydrogen-bond donors (Lipinski definition) is 0. The molecule has 0 spiro atoms. The second-order valence-electron chi connectivity index (χ2n) is 8.41. The van der Waals surface area contributed by atoms with E-state index >= 15 is 0 Å². The molecule has 36 heavy (non-hydrogen) atoms. The van der Waals surface area contributed by atoms with Gasteiger partial charge in [-0.2, -0.15) is 13.2 Å². The lowest BCUT2D eigenvalue weighted by atomic mass is 10.1. The molecule has 0 atom stereocenters. The quantitative estimate of drug-likeness (QED) is 0.302. The summed E-state index contributed by atoms with van der Waals surface area (Å²) in [7, 11) is 1.54. The lowest BCUT2D eigenvalue weighted by molar-refractivity contribution is -0.137.